The first-order valence-corrected chi connectivity index (χ1v) is 7.35. The molecule has 0 saturated heterocycles. The maximum Gasteiger partial charge on any atom is 0.161 e. The molecule has 0 saturated carbocycles. The number of nitrogens with zero attached hydrogens (tertiary/aromatic N) is 2. The molecule has 0 spiro atoms. The van der Waals surface area contributed by atoms with Crippen molar-refractivity contribution in [3.05, 3.63) is 39.6 Å². The van der Waals surface area contributed by atoms with E-state index >= 15 is 0 Å². The zero-order valence-electron chi connectivity index (χ0n) is 12.2. The predicted octanol–water partition coefficient (Wildman–Crippen LogP) is 3.87. The number of rotatable bonds is 5. The largest absolute Gasteiger partial charge is 0.493 e. The van der Waals surface area contributed by atoms with E-state index < -0.39 is 0 Å². The van der Waals surface area contributed by atoms with Crippen LogP contribution in [0.15, 0.2) is 22.7 Å². The number of methoxy groups -OCH3 is 1. The third-order valence-corrected chi connectivity index (χ3v) is 4.17. The molecule has 0 aliphatic carbocycles. The molecule has 20 heavy (non-hydrogen) atoms. The fraction of sp³-hybridized carbons (Fsp3) is 0.400. The van der Waals surface area contributed by atoms with E-state index in [9.17, 15) is 0 Å². The molecule has 0 aliphatic rings. The minimum atomic E-state index is 0.453. The first kappa shape index (κ1) is 14.9. The monoisotopic (exact) mass is 338 g/mol. The summed E-state index contributed by atoms with van der Waals surface area (Å²) in [7, 11) is 1.65. The Bertz CT molecular complexity index is 608. The van der Waals surface area contributed by atoms with Crippen LogP contribution in [0.25, 0.3) is 0 Å². The van der Waals surface area contributed by atoms with Gasteiger partial charge in [0.1, 0.15) is 6.61 Å². The minimum absolute atomic E-state index is 0.453. The van der Waals surface area contributed by atoms with Crippen molar-refractivity contribution in [1.82, 2.24) is 9.78 Å². The Morgan fingerprint density at radius 1 is 1.25 bits per heavy atom. The van der Waals surface area contributed by atoms with E-state index in [1.165, 1.54) is 0 Å². The van der Waals surface area contributed by atoms with Crippen molar-refractivity contribution in [2.45, 2.75) is 33.9 Å². The summed E-state index contributed by atoms with van der Waals surface area (Å²) in [6.07, 6.45) is 0. The van der Waals surface area contributed by atoms with Gasteiger partial charge in [-0.3, -0.25) is 4.68 Å². The molecule has 2 aromatic rings. The number of hydrogen-bond donors (Lipinski definition) is 0. The molecule has 108 valence electrons. The van der Waals surface area contributed by atoms with E-state index in [0.717, 1.165) is 39.5 Å². The van der Waals surface area contributed by atoms with Crippen LogP contribution in [0.5, 0.6) is 11.5 Å². The average molecular weight is 339 g/mol. The second-order valence-electron chi connectivity index (χ2n) is 4.60. The molecular formula is C15H19BrN2O2. The van der Waals surface area contributed by atoms with E-state index in [0.29, 0.717) is 6.61 Å². The Labute approximate surface area is 127 Å². The van der Waals surface area contributed by atoms with Gasteiger partial charge >= 0.3 is 0 Å². The van der Waals surface area contributed by atoms with Crippen LogP contribution in [0, 0.1) is 13.8 Å². The van der Waals surface area contributed by atoms with E-state index in [1.54, 1.807) is 7.11 Å². The quantitative estimate of drug-likeness (QED) is 0.830. The van der Waals surface area contributed by atoms with Gasteiger partial charge in [-0.25, -0.2) is 0 Å². The Kier molecular flexibility index (Phi) is 4.70. The molecule has 1 heterocycles. The van der Waals surface area contributed by atoms with E-state index in [-0.39, 0.29) is 0 Å². The van der Waals surface area contributed by atoms with Gasteiger partial charge in [0.15, 0.2) is 11.5 Å². The van der Waals surface area contributed by atoms with E-state index in [2.05, 4.69) is 28.0 Å². The summed E-state index contributed by atoms with van der Waals surface area (Å²) in [6, 6.07) is 5.91. The lowest BCUT2D eigenvalue weighted by molar-refractivity contribution is 0.273. The highest BCUT2D eigenvalue weighted by molar-refractivity contribution is 9.10. The van der Waals surface area contributed by atoms with Gasteiger partial charge in [0.2, 0.25) is 0 Å². The number of aromatic nitrogens is 2. The third-order valence-electron chi connectivity index (χ3n) is 3.14. The number of hydrogen-bond acceptors (Lipinski definition) is 3. The molecule has 0 unspecified atom stereocenters. The lowest BCUT2D eigenvalue weighted by Crippen LogP contribution is -2.07. The molecule has 0 amide bonds. The molecule has 0 N–H and O–H groups in total. The predicted molar refractivity (Wildman–Crippen MR) is 82.4 cm³/mol. The molecule has 1 aromatic heterocycles. The summed E-state index contributed by atoms with van der Waals surface area (Å²) in [4.78, 5) is 0. The van der Waals surface area contributed by atoms with Crippen LogP contribution in [-0.4, -0.2) is 16.9 Å². The van der Waals surface area contributed by atoms with Gasteiger partial charge < -0.3 is 9.47 Å². The minimum Gasteiger partial charge on any atom is -0.493 e. The topological polar surface area (TPSA) is 36.3 Å². The van der Waals surface area contributed by atoms with Crippen molar-refractivity contribution in [1.29, 1.82) is 0 Å². The molecule has 0 aliphatic heterocycles. The zero-order chi connectivity index (χ0) is 14.7. The van der Waals surface area contributed by atoms with E-state index in [4.69, 9.17) is 9.47 Å². The smallest absolute Gasteiger partial charge is 0.161 e. The van der Waals surface area contributed by atoms with Crippen LogP contribution in [0.4, 0.5) is 0 Å². The van der Waals surface area contributed by atoms with Crippen molar-refractivity contribution in [3.8, 4) is 11.5 Å². The molecule has 0 bridgehead atoms. The highest BCUT2D eigenvalue weighted by Crippen LogP contribution is 2.30. The number of aryl methyl sites for hydroxylation is 3. The highest BCUT2D eigenvalue weighted by Gasteiger charge is 2.13. The summed E-state index contributed by atoms with van der Waals surface area (Å²) in [5, 5.41) is 4.46. The van der Waals surface area contributed by atoms with Crippen molar-refractivity contribution < 1.29 is 9.47 Å². The van der Waals surface area contributed by atoms with Gasteiger partial charge in [-0.05, 0) is 54.4 Å². The second kappa shape index (κ2) is 6.31. The number of ether oxygens (including phenoxy) is 2. The molecule has 0 fully saturated rings. The Balaban J connectivity index is 2.21. The molecule has 0 atom stereocenters. The Morgan fingerprint density at radius 3 is 2.65 bits per heavy atom. The van der Waals surface area contributed by atoms with Gasteiger partial charge in [-0.2, -0.15) is 5.10 Å². The molecule has 4 nitrogen and oxygen atoms in total. The first-order valence-electron chi connectivity index (χ1n) is 6.56. The van der Waals surface area contributed by atoms with Gasteiger partial charge in [0.25, 0.3) is 0 Å². The van der Waals surface area contributed by atoms with Gasteiger partial charge in [-0.1, -0.05) is 6.07 Å². The standard InChI is InChI=1S/C15H19BrN2O2/c1-5-18-12(15(16)11(3)17-18)9-20-13-7-6-10(2)8-14(13)19-4/h6-8H,5,9H2,1-4H3. The summed E-state index contributed by atoms with van der Waals surface area (Å²) < 4.78 is 14.2. The van der Waals surface area contributed by atoms with Gasteiger partial charge in [-0.15, -0.1) is 0 Å². The maximum absolute atomic E-state index is 5.89. The molecule has 5 heteroatoms. The first-order chi connectivity index (χ1) is 9.56. The van der Waals surface area contributed by atoms with Crippen LogP contribution in [-0.2, 0) is 13.2 Å². The fourth-order valence-corrected chi connectivity index (χ4v) is 2.45. The lowest BCUT2D eigenvalue weighted by atomic mass is 10.2. The normalized spacial score (nSPS) is 10.7. The number of halogens is 1. The second-order valence-corrected chi connectivity index (χ2v) is 5.40. The molecule has 2 rings (SSSR count). The SMILES string of the molecule is CCn1nc(C)c(Br)c1COc1ccc(C)cc1OC. The van der Waals surface area contributed by atoms with Crippen LogP contribution in [0.1, 0.15) is 23.9 Å². The zero-order valence-corrected chi connectivity index (χ0v) is 13.8. The highest BCUT2D eigenvalue weighted by atomic mass is 79.9. The van der Waals surface area contributed by atoms with Crippen LogP contribution in [0.2, 0.25) is 0 Å². The molecular weight excluding hydrogens is 320 g/mol. The van der Waals surface area contributed by atoms with E-state index in [1.807, 2.05) is 36.7 Å². The molecule has 1 aromatic carbocycles. The summed E-state index contributed by atoms with van der Waals surface area (Å²) in [5.74, 6) is 1.49. The van der Waals surface area contributed by atoms with Gasteiger partial charge in [0.05, 0.1) is 23.0 Å². The fourth-order valence-electron chi connectivity index (χ4n) is 2.05. The van der Waals surface area contributed by atoms with Crippen molar-refractivity contribution in [3.63, 3.8) is 0 Å². The van der Waals surface area contributed by atoms with Crippen molar-refractivity contribution in [2.24, 2.45) is 0 Å². The summed E-state index contributed by atoms with van der Waals surface area (Å²) in [5.41, 5.74) is 3.15. The average Bonchev–Trinajstić information content (AvgIpc) is 2.72. The maximum atomic E-state index is 5.89. The van der Waals surface area contributed by atoms with Crippen molar-refractivity contribution >= 4 is 15.9 Å². The van der Waals surface area contributed by atoms with Crippen LogP contribution in [0.3, 0.4) is 0 Å². The summed E-state index contributed by atoms with van der Waals surface area (Å²) >= 11 is 3.57. The summed E-state index contributed by atoms with van der Waals surface area (Å²) in [6.45, 7) is 7.34. The van der Waals surface area contributed by atoms with Crippen LogP contribution >= 0.6 is 15.9 Å². The Hall–Kier alpha value is -1.49. The lowest BCUT2D eigenvalue weighted by Gasteiger charge is -2.12. The Morgan fingerprint density at radius 2 is 2.00 bits per heavy atom. The third kappa shape index (κ3) is 2.98. The number of benzene rings is 1. The van der Waals surface area contributed by atoms with Crippen molar-refractivity contribution in [2.75, 3.05) is 7.11 Å². The van der Waals surface area contributed by atoms with Gasteiger partial charge in [0, 0.05) is 6.54 Å². The molecule has 0 radical (unpaired) electrons. The van der Waals surface area contributed by atoms with Crippen LogP contribution < -0.4 is 9.47 Å².